The number of carbonyl (C=O) groups is 2. The predicted octanol–water partition coefficient (Wildman–Crippen LogP) is 3.83. The van der Waals surface area contributed by atoms with Crippen molar-refractivity contribution in [2.24, 2.45) is 0 Å². The Balaban J connectivity index is 1.18. The number of anilines is 1. The number of fused-ring (bicyclic) bond motifs is 4. The van der Waals surface area contributed by atoms with Crippen LogP contribution in [0.2, 0.25) is 0 Å². The van der Waals surface area contributed by atoms with Gasteiger partial charge in [0.25, 0.3) is 5.91 Å². The van der Waals surface area contributed by atoms with Crippen LogP contribution in [0.4, 0.5) is 19.0 Å². The number of nitrogens with one attached hydrogen (secondary N) is 2. The van der Waals surface area contributed by atoms with Gasteiger partial charge in [-0.05, 0) is 36.8 Å². The summed E-state index contributed by atoms with van der Waals surface area (Å²) in [5.41, 5.74) is 0.503. The summed E-state index contributed by atoms with van der Waals surface area (Å²) >= 11 is 0. The van der Waals surface area contributed by atoms with Crippen molar-refractivity contribution in [3.63, 3.8) is 0 Å². The maximum atomic E-state index is 12.9. The first-order chi connectivity index (χ1) is 16.8. The highest BCUT2D eigenvalue weighted by molar-refractivity contribution is 5.95. The fourth-order valence-electron chi connectivity index (χ4n) is 4.51. The SMILES string of the molecule is O=C1CCc2c(Oc3ccc4c(c3)[C@H]3C(NC(=O)c5cncc(C(F)(F)F)c5)[C@H]3O4)ccnc2N1. The zero-order chi connectivity index (χ0) is 24.3. The molecular formula is C24H17F3N4O4. The number of rotatable bonds is 4. The normalized spacial score (nSPS) is 21.7. The minimum absolute atomic E-state index is 0.0920. The number of carbonyl (C=O) groups excluding carboxylic acids is 2. The Morgan fingerprint density at radius 3 is 2.86 bits per heavy atom. The summed E-state index contributed by atoms with van der Waals surface area (Å²) in [5.74, 6) is 1.42. The number of aromatic nitrogens is 2. The first kappa shape index (κ1) is 21.4. The van der Waals surface area contributed by atoms with Gasteiger partial charge in [0.2, 0.25) is 5.91 Å². The van der Waals surface area contributed by atoms with Gasteiger partial charge >= 0.3 is 6.18 Å². The zero-order valence-electron chi connectivity index (χ0n) is 17.9. The molecule has 1 unspecified atom stereocenters. The molecule has 1 aliphatic carbocycles. The second kappa shape index (κ2) is 7.69. The van der Waals surface area contributed by atoms with Crippen molar-refractivity contribution in [3.05, 3.63) is 71.2 Å². The van der Waals surface area contributed by atoms with E-state index in [0.717, 1.165) is 23.4 Å². The number of ether oxygens (including phenoxy) is 2. The monoisotopic (exact) mass is 482 g/mol. The Labute approximate surface area is 196 Å². The molecular weight excluding hydrogens is 465 g/mol. The summed E-state index contributed by atoms with van der Waals surface area (Å²) in [6.45, 7) is 0. The molecule has 3 atom stereocenters. The highest BCUT2D eigenvalue weighted by Gasteiger charge is 2.59. The van der Waals surface area contributed by atoms with E-state index in [9.17, 15) is 22.8 Å². The molecule has 1 saturated carbocycles. The first-order valence-corrected chi connectivity index (χ1v) is 10.9. The van der Waals surface area contributed by atoms with E-state index in [-0.39, 0.29) is 29.5 Å². The average Bonchev–Trinajstić information content (AvgIpc) is 3.35. The number of alkyl halides is 3. The van der Waals surface area contributed by atoms with Gasteiger partial charge < -0.3 is 20.1 Å². The largest absolute Gasteiger partial charge is 0.487 e. The van der Waals surface area contributed by atoms with Crippen LogP contribution in [0.5, 0.6) is 17.2 Å². The van der Waals surface area contributed by atoms with Crippen LogP contribution in [-0.4, -0.2) is 33.9 Å². The second-order valence-electron chi connectivity index (χ2n) is 8.55. The van der Waals surface area contributed by atoms with Crippen molar-refractivity contribution in [2.45, 2.75) is 37.1 Å². The molecule has 0 radical (unpaired) electrons. The molecule has 0 bridgehead atoms. The maximum absolute atomic E-state index is 12.9. The van der Waals surface area contributed by atoms with Crippen molar-refractivity contribution < 1.29 is 32.2 Å². The maximum Gasteiger partial charge on any atom is 0.417 e. The average molecular weight is 482 g/mol. The zero-order valence-corrected chi connectivity index (χ0v) is 17.9. The Morgan fingerprint density at radius 2 is 2.03 bits per heavy atom. The molecule has 2 N–H and O–H groups in total. The van der Waals surface area contributed by atoms with Crippen LogP contribution in [0.25, 0.3) is 0 Å². The molecule has 3 aliphatic rings. The molecule has 8 nitrogen and oxygen atoms in total. The third-order valence-electron chi connectivity index (χ3n) is 6.28. The lowest BCUT2D eigenvalue weighted by molar-refractivity contribution is -0.137. The summed E-state index contributed by atoms with van der Waals surface area (Å²) in [6, 6.07) is 7.50. The molecule has 1 aromatic carbocycles. The fourth-order valence-corrected chi connectivity index (χ4v) is 4.51. The molecule has 11 heteroatoms. The standard InChI is InChI=1S/C24H17F3N4O4/c25-24(26,27)12-7-11(9-28-10-12)23(33)31-20-19-15-8-13(1-3-16(15)35-21(19)20)34-17-5-6-29-22-14(17)2-4-18(32)30-22/h1,3,5-10,19-21H,2,4H2,(H,31,33)(H,29,30,32)/t19-,20?,21-/m0/s1. The van der Waals surface area contributed by atoms with E-state index >= 15 is 0 Å². The van der Waals surface area contributed by atoms with E-state index in [1.165, 1.54) is 0 Å². The Morgan fingerprint density at radius 1 is 1.17 bits per heavy atom. The molecule has 2 amide bonds. The summed E-state index contributed by atoms with van der Waals surface area (Å²) in [5, 5.41) is 5.48. The molecule has 3 aromatic rings. The van der Waals surface area contributed by atoms with Crippen LogP contribution in [0, 0.1) is 0 Å². The topological polar surface area (TPSA) is 102 Å². The Bertz CT molecular complexity index is 1380. The van der Waals surface area contributed by atoms with E-state index in [4.69, 9.17) is 9.47 Å². The van der Waals surface area contributed by atoms with Crippen LogP contribution in [0.1, 0.15) is 39.4 Å². The van der Waals surface area contributed by atoms with E-state index in [1.807, 2.05) is 6.07 Å². The van der Waals surface area contributed by atoms with Crippen LogP contribution < -0.4 is 20.1 Å². The second-order valence-corrected chi connectivity index (χ2v) is 8.55. The van der Waals surface area contributed by atoms with Crippen LogP contribution in [0.15, 0.2) is 48.9 Å². The first-order valence-electron chi connectivity index (χ1n) is 10.9. The van der Waals surface area contributed by atoms with E-state index in [1.54, 1.807) is 24.4 Å². The fraction of sp³-hybridized carbons (Fsp3) is 0.250. The number of amides is 2. The summed E-state index contributed by atoms with van der Waals surface area (Å²) in [6.07, 6.45) is -0.689. The van der Waals surface area contributed by atoms with Crippen molar-refractivity contribution in [2.75, 3.05) is 5.32 Å². The van der Waals surface area contributed by atoms with Gasteiger partial charge in [-0.2, -0.15) is 13.2 Å². The van der Waals surface area contributed by atoms with Crippen LogP contribution in [-0.2, 0) is 17.4 Å². The molecule has 0 spiro atoms. The lowest BCUT2D eigenvalue weighted by Gasteiger charge is -2.19. The molecule has 35 heavy (non-hydrogen) atoms. The van der Waals surface area contributed by atoms with E-state index in [0.29, 0.717) is 42.1 Å². The van der Waals surface area contributed by atoms with Gasteiger partial charge in [-0.3, -0.25) is 14.6 Å². The minimum atomic E-state index is -4.59. The molecule has 1 fully saturated rings. The van der Waals surface area contributed by atoms with Gasteiger partial charge in [0.05, 0.1) is 23.1 Å². The molecule has 2 aliphatic heterocycles. The van der Waals surface area contributed by atoms with Gasteiger partial charge in [-0.25, -0.2) is 4.98 Å². The quantitative estimate of drug-likeness (QED) is 0.586. The number of halogens is 3. The Hall–Kier alpha value is -4.15. The molecule has 178 valence electrons. The molecule has 4 heterocycles. The number of hydrogen-bond acceptors (Lipinski definition) is 6. The van der Waals surface area contributed by atoms with Gasteiger partial charge in [0, 0.05) is 36.1 Å². The van der Waals surface area contributed by atoms with E-state index < -0.39 is 17.6 Å². The van der Waals surface area contributed by atoms with Gasteiger partial charge in [-0.1, -0.05) is 0 Å². The van der Waals surface area contributed by atoms with Crippen LogP contribution >= 0.6 is 0 Å². The van der Waals surface area contributed by atoms with Crippen molar-refractivity contribution in [1.29, 1.82) is 0 Å². The van der Waals surface area contributed by atoms with Crippen molar-refractivity contribution in [3.8, 4) is 17.2 Å². The lowest BCUT2D eigenvalue weighted by atomic mass is 10.1. The Kier molecular flexibility index (Phi) is 4.70. The third-order valence-corrected chi connectivity index (χ3v) is 6.28. The summed E-state index contributed by atoms with van der Waals surface area (Å²) in [7, 11) is 0. The number of hydrogen-bond donors (Lipinski definition) is 2. The summed E-state index contributed by atoms with van der Waals surface area (Å²) in [4.78, 5) is 31.9. The van der Waals surface area contributed by atoms with Crippen molar-refractivity contribution >= 4 is 17.6 Å². The van der Waals surface area contributed by atoms with E-state index in [2.05, 4.69) is 20.6 Å². The molecule has 6 rings (SSSR count). The molecule has 2 aromatic heterocycles. The number of benzene rings is 1. The smallest absolute Gasteiger partial charge is 0.417 e. The predicted molar refractivity (Wildman–Crippen MR) is 115 cm³/mol. The summed E-state index contributed by atoms with van der Waals surface area (Å²) < 4.78 is 50.8. The highest BCUT2D eigenvalue weighted by Crippen LogP contribution is 2.54. The van der Waals surface area contributed by atoms with Crippen LogP contribution in [0.3, 0.4) is 0 Å². The lowest BCUT2D eigenvalue weighted by Crippen LogP contribution is -2.30. The van der Waals surface area contributed by atoms with Gasteiger partial charge in [0.15, 0.2) is 0 Å². The number of pyridine rings is 2. The molecule has 0 saturated heterocycles. The minimum Gasteiger partial charge on any atom is -0.487 e. The third kappa shape index (κ3) is 3.82. The number of nitrogens with zero attached hydrogens (tertiary/aromatic N) is 2. The van der Waals surface area contributed by atoms with Gasteiger partial charge in [0.1, 0.15) is 29.2 Å². The van der Waals surface area contributed by atoms with Crippen molar-refractivity contribution in [1.82, 2.24) is 15.3 Å². The van der Waals surface area contributed by atoms with Gasteiger partial charge in [-0.15, -0.1) is 0 Å². The highest BCUT2D eigenvalue weighted by atomic mass is 19.4.